The predicted molar refractivity (Wildman–Crippen MR) is 67.5 cm³/mol. The zero-order chi connectivity index (χ0) is 14.8. The second-order valence-electron chi connectivity index (χ2n) is 4.01. The smallest absolute Gasteiger partial charge is 0.418 e. The molecule has 0 saturated heterocycles. The van der Waals surface area contributed by atoms with Crippen molar-refractivity contribution in [3.05, 3.63) is 59.7 Å². The second-order valence-corrected chi connectivity index (χ2v) is 4.01. The third kappa shape index (κ3) is 2.90. The van der Waals surface area contributed by atoms with Crippen LogP contribution in [-0.2, 0) is 6.18 Å². The standard InChI is InChI=1S/C14H10F3NO2/c15-14(16,17)10-6-2-3-7-11(10)18-13(20)9-5-1-4-8-12(9)19/h1-8,19H,(H,18,20). The molecule has 0 atom stereocenters. The maximum absolute atomic E-state index is 12.8. The quantitative estimate of drug-likeness (QED) is 0.882. The van der Waals surface area contributed by atoms with Crippen LogP contribution in [0.25, 0.3) is 0 Å². The van der Waals surface area contributed by atoms with Gasteiger partial charge in [-0.05, 0) is 24.3 Å². The highest BCUT2D eigenvalue weighted by atomic mass is 19.4. The number of hydrogen-bond acceptors (Lipinski definition) is 2. The third-order valence-corrected chi connectivity index (χ3v) is 2.63. The van der Waals surface area contributed by atoms with Gasteiger partial charge in [0.05, 0.1) is 16.8 Å². The zero-order valence-electron chi connectivity index (χ0n) is 10.1. The van der Waals surface area contributed by atoms with E-state index in [4.69, 9.17) is 0 Å². The van der Waals surface area contributed by atoms with Gasteiger partial charge in [-0.25, -0.2) is 0 Å². The lowest BCUT2D eigenvalue weighted by molar-refractivity contribution is -0.136. The summed E-state index contributed by atoms with van der Waals surface area (Å²) in [7, 11) is 0. The lowest BCUT2D eigenvalue weighted by atomic mass is 10.1. The first-order chi connectivity index (χ1) is 9.39. The molecule has 0 aromatic heterocycles. The van der Waals surface area contributed by atoms with Gasteiger partial charge in [0, 0.05) is 0 Å². The Morgan fingerprint density at radius 3 is 2.25 bits per heavy atom. The first-order valence-corrected chi connectivity index (χ1v) is 5.65. The molecule has 20 heavy (non-hydrogen) atoms. The molecule has 0 unspecified atom stereocenters. The molecule has 2 N–H and O–H groups in total. The topological polar surface area (TPSA) is 49.3 Å². The Balaban J connectivity index is 2.32. The number of aromatic hydroxyl groups is 1. The summed E-state index contributed by atoms with van der Waals surface area (Å²) < 4.78 is 38.3. The molecule has 3 nitrogen and oxygen atoms in total. The summed E-state index contributed by atoms with van der Waals surface area (Å²) in [6, 6.07) is 10.3. The number of anilines is 1. The van der Waals surface area contributed by atoms with E-state index in [0.29, 0.717) is 0 Å². The number of benzene rings is 2. The lowest BCUT2D eigenvalue weighted by Crippen LogP contribution is -2.16. The predicted octanol–water partition coefficient (Wildman–Crippen LogP) is 3.66. The lowest BCUT2D eigenvalue weighted by Gasteiger charge is -2.13. The third-order valence-electron chi connectivity index (χ3n) is 2.63. The average Bonchev–Trinajstić information content (AvgIpc) is 2.38. The van der Waals surface area contributed by atoms with Crippen LogP contribution in [0.5, 0.6) is 5.75 Å². The molecule has 0 bridgehead atoms. The van der Waals surface area contributed by atoms with Crippen LogP contribution >= 0.6 is 0 Å². The first-order valence-electron chi connectivity index (χ1n) is 5.65. The number of carbonyl (C=O) groups is 1. The molecule has 1 amide bonds. The van der Waals surface area contributed by atoms with Gasteiger partial charge < -0.3 is 10.4 Å². The molecular weight excluding hydrogens is 271 g/mol. The molecule has 0 heterocycles. The fourth-order valence-electron chi connectivity index (χ4n) is 1.69. The molecule has 0 aliphatic heterocycles. The summed E-state index contributed by atoms with van der Waals surface area (Å²) in [6.07, 6.45) is -4.57. The minimum absolute atomic E-state index is 0.0931. The number of phenols is 1. The number of nitrogens with one attached hydrogen (secondary N) is 1. The molecule has 0 spiro atoms. The fraction of sp³-hybridized carbons (Fsp3) is 0.0714. The van der Waals surface area contributed by atoms with Crippen LogP contribution in [0.4, 0.5) is 18.9 Å². The summed E-state index contributed by atoms with van der Waals surface area (Å²) in [6.45, 7) is 0. The number of phenolic OH excluding ortho intramolecular Hbond substituents is 1. The second kappa shape index (κ2) is 5.24. The molecule has 2 aromatic carbocycles. The van der Waals surface area contributed by atoms with Gasteiger partial charge in [-0.3, -0.25) is 4.79 Å². The number of para-hydroxylation sites is 2. The first kappa shape index (κ1) is 13.9. The van der Waals surface area contributed by atoms with Crippen molar-refractivity contribution in [2.45, 2.75) is 6.18 Å². The molecule has 2 rings (SSSR count). The van der Waals surface area contributed by atoms with E-state index in [1.165, 1.54) is 36.4 Å². The van der Waals surface area contributed by atoms with Gasteiger partial charge in [0.15, 0.2) is 0 Å². The van der Waals surface area contributed by atoms with E-state index in [9.17, 15) is 23.1 Å². The molecule has 0 aliphatic carbocycles. The van der Waals surface area contributed by atoms with Gasteiger partial charge in [-0.1, -0.05) is 24.3 Å². The average molecular weight is 281 g/mol. The zero-order valence-corrected chi connectivity index (χ0v) is 10.1. The number of hydrogen-bond donors (Lipinski definition) is 2. The van der Waals surface area contributed by atoms with E-state index in [0.717, 1.165) is 12.1 Å². The summed E-state index contributed by atoms with van der Waals surface area (Å²) in [5.74, 6) is -1.10. The van der Waals surface area contributed by atoms with Crippen LogP contribution in [0.15, 0.2) is 48.5 Å². The molecule has 0 radical (unpaired) electrons. The molecule has 0 aliphatic rings. The number of halogens is 3. The van der Waals surface area contributed by atoms with Crippen molar-refractivity contribution >= 4 is 11.6 Å². The molecular formula is C14H10F3NO2. The molecule has 0 fully saturated rings. The van der Waals surface area contributed by atoms with Crippen LogP contribution < -0.4 is 5.32 Å². The number of rotatable bonds is 2. The van der Waals surface area contributed by atoms with Crippen LogP contribution in [0.2, 0.25) is 0 Å². The van der Waals surface area contributed by atoms with Crippen LogP contribution in [0.3, 0.4) is 0 Å². The maximum atomic E-state index is 12.8. The largest absolute Gasteiger partial charge is 0.507 e. The van der Waals surface area contributed by atoms with Crippen molar-refractivity contribution in [3.8, 4) is 5.75 Å². The van der Waals surface area contributed by atoms with E-state index in [-0.39, 0.29) is 17.0 Å². The van der Waals surface area contributed by atoms with Gasteiger partial charge in [-0.15, -0.1) is 0 Å². The highest BCUT2D eigenvalue weighted by Crippen LogP contribution is 2.34. The van der Waals surface area contributed by atoms with E-state index in [2.05, 4.69) is 5.32 Å². The van der Waals surface area contributed by atoms with Gasteiger partial charge >= 0.3 is 6.18 Å². The van der Waals surface area contributed by atoms with Crippen LogP contribution in [-0.4, -0.2) is 11.0 Å². The number of carbonyl (C=O) groups excluding carboxylic acids is 1. The molecule has 6 heteroatoms. The van der Waals surface area contributed by atoms with E-state index in [1.807, 2.05) is 0 Å². The Morgan fingerprint density at radius 1 is 1.00 bits per heavy atom. The summed E-state index contributed by atoms with van der Waals surface area (Å²) >= 11 is 0. The van der Waals surface area contributed by atoms with E-state index in [1.54, 1.807) is 0 Å². The summed E-state index contributed by atoms with van der Waals surface area (Å²) in [5, 5.41) is 11.7. The minimum atomic E-state index is -4.57. The van der Waals surface area contributed by atoms with Crippen molar-refractivity contribution in [3.63, 3.8) is 0 Å². The maximum Gasteiger partial charge on any atom is 0.418 e. The normalized spacial score (nSPS) is 11.2. The van der Waals surface area contributed by atoms with Crippen LogP contribution in [0, 0.1) is 0 Å². The van der Waals surface area contributed by atoms with Crippen molar-refractivity contribution in [1.29, 1.82) is 0 Å². The molecule has 0 saturated carbocycles. The fourth-order valence-corrected chi connectivity index (χ4v) is 1.69. The highest BCUT2D eigenvalue weighted by molar-refractivity contribution is 6.06. The monoisotopic (exact) mass is 281 g/mol. The molecule has 104 valence electrons. The number of alkyl halides is 3. The van der Waals surface area contributed by atoms with Crippen molar-refractivity contribution in [2.75, 3.05) is 5.32 Å². The van der Waals surface area contributed by atoms with Gasteiger partial charge in [0.1, 0.15) is 5.75 Å². The SMILES string of the molecule is O=C(Nc1ccccc1C(F)(F)F)c1ccccc1O. The Morgan fingerprint density at radius 2 is 1.60 bits per heavy atom. The van der Waals surface area contributed by atoms with Crippen molar-refractivity contribution < 1.29 is 23.1 Å². The summed E-state index contributed by atoms with van der Waals surface area (Å²) in [5.41, 5.74) is -1.39. The number of amides is 1. The highest BCUT2D eigenvalue weighted by Gasteiger charge is 2.33. The minimum Gasteiger partial charge on any atom is -0.507 e. The Bertz CT molecular complexity index is 638. The van der Waals surface area contributed by atoms with E-state index < -0.39 is 17.6 Å². The molecule has 2 aromatic rings. The van der Waals surface area contributed by atoms with Gasteiger partial charge in [-0.2, -0.15) is 13.2 Å². The Labute approximate surface area is 112 Å². The Hall–Kier alpha value is -2.50. The van der Waals surface area contributed by atoms with E-state index >= 15 is 0 Å². The van der Waals surface area contributed by atoms with Gasteiger partial charge in [0.25, 0.3) is 5.91 Å². The van der Waals surface area contributed by atoms with Gasteiger partial charge in [0.2, 0.25) is 0 Å². The van der Waals surface area contributed by atoms with Crippen LogP contribution in [0.1, 0.15) is 15.9 Å². The van der Waals surface area contributed by atoms with Crippen molar-refractivity contribution in [1.82, 2.24) is 0 Å². The van der Waals surface area contributed by atoms with Crippen molar-refractivity contribution in [2.24, 2.45) is 0 Å². The Kier molecular flexibility index (Phi) is 3.65. The summed E-state index contributed by atoms with van der Waals surface area (Å²) in [4.78, 5) is 11.9.